The van der Waals surface area contributed by atoms with Crippen LogP contribution in [0.4, 0.5) is 0 Å². The first-order chi connectivity index (χ1) is 7.56. The Bertz CT molecular complexity index is 221. The Morgan fingerprint density at radius 1 is 1.31 bits per heavy atom. The van der Waals surface area contributed by atoms with E-state index in [9.17, 15) is 9.59 Å². The molecule has 4 nitrogen and oxygen atoms in total. The van der Waals surface area contributed by atoms with E-state index in [0.717, 1.165) is 6.42 Å². The van der Waals surface area contributed by atoms with Crippen molar-refractivity contribution >= 4 is 23.6 Å². The van der Waals surface area contributed by atoms with Crippen molar-refractivity contribution in [3.63, 3.8) is 0 Å². The van der Waals surface area contributed by atoms with E-state index in [4.69, 9.17) is 5.11 Å². The number of carbonyl (C=O) groups excluding carboxylic acids is 1. The number of unbranched alkanes of at least 4 members (excludes halogenated alkanes) is 1. The van der Waals surface area contributed by atoms with Gasteiger partial charge < -0.3 is 10.4 Å². The van der Waals surface area contributed by atoms with Crippen molar-refractivity contribution in [1.29, 1.82) is 0 Å². The maximum atomic E-state index is 11.3. The van der Waals surface area contributed by atoms with Crippen molar-refractivity contribution in [3.05, 3.63) is 0 Å². The first-order valence-electron chi connectivity index (χ1n) is 5.57. The van der Waals surface area contributed by atoms with Crippen molar-refractivity contribution in [3.8, 4) is 0 Å². The van der Waals surface area contributed by atoms with Crippen LogP contribution in [0.2, 0.25) is 0 Å². The van der Waals surface area contributed by atoms with Crippen LogP contribution in [-0.4, -0.2) is 35.0 Å². The van der Waals surface area contributed by atoms with Crippen LogP contribution in [-0.2, 0) is 9.59 Å². The molecule has 0 bridgehead atoms. The molecule has 0 aromatic rings. The van der Waals surface area contributed by atoms with E-state index in [1.54, 1.807) is 11.8 Å². The Hall–Kier alpha value is -0.710. The van der Waals surface area contributed by atoms with Crippen molar-refractivity contribution < 1.29 is 14.7 Å². The molecule has 0 aromatic carbocycles. The molecule has 0 aliphatic rings. The Kier molecular flexibility index (Phi) is 9.09. The molecule has 1 atom stereocenters. The van der Waals surface area contributed by atoms with Gasteiger partial charge in [0.25, 0.3) is 0 Å². The second-order valence-electron chi connectivity index (χ2n) is 3.79. The zero-order valence-corrected chi connectivity index (χ0v) is 10.8. The third-order valence-electron chi connectivity index (χ3n) is 2.32. The fourth-order valence-electron chi connectivity index (χ4n) is 1.18. The van der Waals surface area contributed by atoms with Crippen LogP contribution < -0.4 is 5.32 Å². The van der Waals surface area contributed by atoms with Crippen LogP contribution in [0.25, 0.3) is 0 Å². The van der Waals surface area contributed by atoms with Crippen LogP contribution in [0.3, 0.4) is 0 Å². The van der Waals surface area contributed by atoms with Crippen LogP contribution in [0, 0.1) is 0 Å². The number of carbonyl (C=O) groups is 2. The normalized spacial score (nSPS) is 12.1. The number of nitrogens with one attached hydrogen (secondary N) is 1. The molecule has 0 rings (SSSR count). The molecular formula is C11H21NO3S. The van der Waals surface area contributed by atoms with Crippen molar-refractivity contribution in [2.75, 3.05) is 12.8 Å². The van der Waals surface area contributed by atoms with Gasteiger partial charge in [0.05, 0.1) is 0 Å². The van der Waals surface area contributed by atoms with Gasteiger partial charge in [-0.2, -0.15) is 11.8 Å². The van der Waals surface area contributed by atoms with Gasteiger partial charge >= 0.3 is 5.97 Å². The standard InChI is InChI=1S/C11H21NO3S/c1-9(16-2)7-8-12-10(13)5-3-4-6-11(14)15/h9H,3-8H2,1-2H3,(H,12,13)(H,14,15). The van der Waals surface area contributed by atoms with Crippen molar-refractivity contribution in [1.82, 2.24) is 5.32 Å². The molecule has 94 valence electrons. The molecule has 0 aliphatic carbocycles. The van der Waals surface area contributed by atoms with Gasteiger partial charge in [0.15, 0.2) is 0 Å². The SMILES string of the molecule is CSC(C)CCNC(=O)CCCCC(=O)O. The number of carboxylic acids is 1. The minimum Gasteiger partial charge on any atom is -0.481 e. The molecule has 0 heterocycles. The number of carboxylic acid groups (broad SMARTS) is 1. The maximum absolute atomic E-state index is 11.3. The highest BCUT2D eigenvalue weighted by Crippen LogP contribution is 2.08. The fraction of sp³-hybridized carbons (Fsp3) is 0.818. The quantitative estimate of drug-likeness (QED) is 0.611. The van der Waals surface area contributed by atoms with Gasteiger partial charge in [-0.25, -0.2) is 0 Å². The lowest BCUT2D eigenvalue weighted by Gasteiger charge is -2.08. The van der Waals surface area contributed by atoms with E-state index >= 15 is 0 Å². The second-order valence-corrected chi connectivity index (χ2v) is 5.06. The zero-order valence-electron chi connectivity index (χ0n) is 9.99. The fourth-order valence-corrected chi connectivity index (χ4v) is 1.54. The molecule has 0 saturated carbocycles. The predicted octanol–water partition coefficient (Wildman–Crippen LogP) is 1.89. The largest absolute Gasteiger partial charge is 0.481 e. The Morgan fingerprint density at radius 2 is 1.94 bits per heavy atom. The lowest BCUT2D eigenvalue weighted by molar-refractivity contribution is -0.137. The van der Waals surface area contributed by atoms with Gasteiger partial charge in [-0.1, -0.05) is 6.92 Å². The van der Waals surface area contributed by atoms with Gasteiger partial charge in [-0.15, -0.1) is 0 Å². The summed E-state index contributed by atoms with van der Waals surface area (Å²) in [6.07, 6.45) is 4.83. The third kappa shape index (κ3) is 9.83. The monoisotopic (exact) mass is 247 g/mol. The van der Waals surface area contributed by atoms with E-state index in [0.29, 0.717) is 31.1 Å². The zero-order chi connectivity index (χ0) is 12.4. The third-order valence-corrected chi connectivity index (χ3v) is 3.36. The molecule has 0 fully saturated rings. The molecule has 0 radical (unpaired) electrons. The summed E-state index contributed by atoms with van der Waals surface area (Å²) in [7, 11) is 0. The minimum atomic E-state index is -0.797. The molecular weight excluding hydrogens is 226 g/mol. The summed E-state index contributed by atoms with van der Waals surface area (Å²) in [6.45, 7) is 2.84. The topological polar surface area (TPSA) is 66.4 Å². The number of rotatable bonds is 9. The van der Waals surface area contributed by atoms with Crippen LogP contribution in [0.5, 0.6) is 0 Å². The lowest BCUT2D eigenvalue weighted by atomic mass is 10.2. The van der Waals surface area contributed by atoms with Gasteiger partial charge in [-0.05, 0) is 25.5 Å². The smallest absolute Gasteiger partial charge is 0.303 e. The predicted molar refractivity (Wildman–Crippen MR) is 66.7 cm³/mol. The summed E-state index contributed by atoms with van der Waals surface area (Å²) in [5.41, 5.74) is 0. The average Bonchev–Trinajstić information content (AvgIpc) is 2.24. The number of amides is 1. The Balaban J connectivity index is 3.34. The first-order valence-corrected chi connectivity index (χ1v) is 6.86. The second kappa shape index (κ2) is 9.51. The van der Waals surface area contributed by atoms with E-state index in [-0.39, 0.29) is 12.3 Å². The molecule has 0 saturated heterocycles. The molecule has 1 unspecified atom stereocenters. The number of thioether (sulfide) groups is 1. The lowest BCUT2D eigenvalue weighted by Crippen LogP contribution is -2.25. The summed E-state index contributed by atoms with van der Waals surface area (Å²) in [5, 5.41) is 11.8. The number of aliphatic carboxylic acids is 1. The molecule has 5 heteroatoms. The first kappa shape index (κ1) is 15.3. The van der Waals surface area contributed by atoms with Gasteiger partial charge in [0.1, 0.15) is 0 Å². The summed E-state index contributed by atoms with van der Waals surface area (Å²) in [5.74, 6) is -0.770. The molecule has 0 aliphatic heterocycles. The molecule has 0 aromatic heterocycles. The van der Waals surface area contributed by atoms with E-state index in [2.05, 4.69) is 18.5 Å². The number of hydrogen-bond donors (Lipinski definition) is 2. The van der Waals surface area contributed by atoms with Crippen LogP contribution >= 0.6 is 11.8 Å². The summed E-state index contributed by atoms with van der Waals surface area (Å²) in [4.78, 5) is 21.5. The molecule has 2 N–H and O–H groups in total. The van der Waals surface area contributed by atoms with Gasteiger partial charge in [0, 0.05) is 24.6 Å². The minimum absolute atomic E-state index is 0.0266. The number of hydrogen-bond acceptors (Lipinski definition) is 3. The summed E-state index contributed by atoms with van der Waals surface area (Å²) >= 11 is 1.78. The van der Waals surface area contributed by atoms with E-state index in [1.165, 1.54) is 0 Å². The highest BCUT2D eigenvalue weighted by Gasteiger charge is 2.04. The highest BCUT2D eigenvalue weighted by atomic mass is 32.2. The van der Waals surface area contributed by atoms with Crippen LogP contribution in [0.1, 0.15) is 39.0 Å². The van der Waals surface area contributed by atoms with E-state index in [1.807, 2.05) is 0 Å². The summed E-state index contributed by atoms with van der Waals surface area (Å²) in [6, 6.07) is 0. The molecule has 16 heavy (non-hydrogen) atoms. The molecule has 1 amide bonds. The molecule has 0 spiro atoms. The van der Waals surface area contributed by atoms with Gasteiger partial charge in [-0.3, -0.25) is 9.59 Å². The maximum Gasteiger partial charge on any atom is 0.303 e. The Morgan fingerprint density at radius 3 is 2.50 bits per heavy atom. The Labute approximate surface area is 101 Å². The summed E-state index contributed by atoms with van der Waals surface area (Å²) < 4.78 is 0. The highest BCUT2D eigenvalue weighted by molar-refractivity contribution is 7.99. The van der Waals surface area contributed by atoms with Crippen molar-refractivity contribution in [2.45, 2.75) is 44.3 Å². The van der Waals surface area contributed by atoms with E-state index < -0.39 is 5.97 Å². The van der Waals surface area contributed by atoms with Crippen LogP contribution in [0.15, 0.2) is 0 Å². The average molecular weight is 247 g/mol. The van der Waals surface area contributed by atoms with Crippen molar-refractivity contribution in [2.24, 2.45) is 0 Å². The van der Waals surface area contributed by atoms with Gasteiger partial charge in [0.2, 0.25) is 5.91 Å².